The molecule has 3 rings (SSSR count). The highest BCUT2D eigenvalue weighted by molar-refractivity contribution is 7.99. The lowest BCUT2D eigenvalue weighted by Crippen LogP contribution is -1.97. The van der Waals surface area contributed by atoms with Gasteiger partial charge in [0.25, 0.3) is 0 Å². The van der Waals surface area contributed by atoms with Gasteiger partial charge in [0.2, 0.25) is 0 Å². The van der Waals surface area contributed by atoms with E-state index in [0.29, 0.717) is 30.4 Å². The molecule has 0 amide bonds. The number of aryl methyl sites for hydroxylation is 1. The van der Waals surface area contributed by atoms with E-state index in [4.69, 9.17) is 9.47 Å². The summed E-state index contributed by atoms with van der Waals surface area (Å²) in [5.74, 6) is 0.0401. The first-order chi connectivity index (χ1) is 14.9. The lowest BCUT2D eigenvalue weighted by atomic mass is 10.2. The number of ether oxygens (including phenoxy) is 2. The van der Waals surface area contributed by atoms with E-state index in [0.717, 1.165) is 21.9 Å². The van der Waals surface area contributed by atoms with Crippen LogP contribution in [0.2, 0.25) is 0 Å². The molecule has 31 heavy (non-hydrogen) atoms. The monoisotopic (exact) mass is 440 g/mol. The largest absolute Gasteiger partial charge is 0.508 e. The summed E-state index contributed by atoms with van der Waals surface area (Å²) in [5.41, 5.74) is 1.41. The summed E-state index contributed by atoms with van der Waals surface area (Å²) in [6.07, 6.45) is 0. The highest BCUT2D eigenvalue weighted by Gasteiger charge is 2.15. The molecule has 0 aliphatic carbocycles. The van der Waals surface area contributed by atoms with E-state index < -0.39 is 11.5 Å². The Morgan fingerprint density at radius 1 is 0.806 bits per heavy atom. The number of nitrogens with zero attached hydrogens (tertiary/aromatic N) is 2. The minimum absolute atomic E-state index is 0.156. The van der Waals surface area contributed by atoms with Crippen LogP contribution in [0.4, 0.5) is 11.4 Å². The smallest absolute Gasteiger partial charge is 0.169 e. The van der Waals surface area contributed by atoms with E-state index in [1.807, 2.05) is 51.1 Å². The van der Waals surface area contributed by atoms with Crippen LogP contribution < -0.4 is 9.47 Å². The second-order valence-electron chi connectivity index (χ2n) is 6.58. The Bertz CT molecular complexity index is 1060. The van der Waals surface area contributed by atoms with Gasteiger partial charge in [0.1, 0.15) is 22.9 Å². The van der Waals surface area contributed by atoms with Crippen LogP contribution in [0, 0.1) is 6.92 Å². The Kier molecular flexibility index (Phi) is 7.25. The minimum atomic E-state index is -0.393. The third kappa shape index (κ3) is 5.61. The quantitative estimate of drug-likeness (QED) is 0.347. The van der Waals surface area contributed by atoms with E-state index in [1.165, 1.54) is 5.56 Å². The van der Waals surface area contributed by atoms with Crippen molar-refractivity contribution in [2.45, 2.75) is 30.6 Å². The molecule has 3 aromatic rings. The van der Waals surface area contributed by atoms with Gasteiger partial charge >= 0.3 is 0 Å². The third-order valence-electron chi connectivity index (χ3n) is 4.19. The molecular weight excluding hydrogens is 416 g/mol. The summed E-state index contributed by atoms with van der Waals surface area (Å²) in [7, 11) is 0. The van der Waals surface area contributed by atoms with E-state index in [-0.39, 0.29) is 11.4 Å². The van der Waals surface area contributed by atoms with Crippen molar-refractivity contribution in [2.75, 3.05) is 13.2 Å². The van der Waals surface area contributed by atoms with Crippen LogP contribution in [0.1, 0.15) is 19.4 Å². The first-order valence-electron chi connectivity index (χ1n) is 9.76. The predicted octanol–water partition coefficient (Wildman–Crippen LogP) is 6.48. The molecule has 0 radical (unpaired) electrons. The van der Waals surface area contributed by atoms with Crippen molar-refractivity contribution in [3.63, 3.8) is 0 Å². The van der Waals surface area contributed by atoms with Crippen molar-refractivity contribution in [2.24, 2.45) is 10.2 Å². The molecule has 3 aromatic carbocycles. The zero-order valence-corrected chi connectivity index (χ0v) is 18.3. The van der Waals surface area contributed by atoms with Crippen LogP contribution in [-0.2, 0) is 0 Å². The number of hydrogen-bond acceptors (Lipinski definition) is 8. The van der Waals surface area contributed by atoms with E-state index >= 15 is 0 Å². The van der Waals surface area contributed by atoms with Crippen LogP contribution in [0.3, 0.4) is 0 Å². The molecule has 0 saturated heterocycles. The average molecular weight is 441 g/mol. The summed E-state index contributed by atoms with van der Waals surface area (Å²) >= 11 is 1.55. The summed E-state index contributed by atoms with van der Waals surface area (Å²) in [6.45, 7) is 6.68. The number of azo groups is 1. The molecule has 0 spiro atoms. The van der Waals surface area contributed by atoms with Crippen LogP contribution >= 0.6 is 11.8 Å². The molecule has 3 N–H and O–H groups in total. The SMILES string of the molecule is CCOc1cc(Sc2ccc(C)cc2)c(OCC)cc1N=Nc1c(O)cc(O)cc1O. The van der Waals surface area contributed by atoms with Gasteiger partial charge in [0.15, 0.2) is 17.2 Å². The molecule has 0 bridgehead atoms. The Hall–Kier alpha value is -3.39. The maximum absolute atomic E-state index is 9.96. The third-order valence-corrected chi connectivity index (χ3v) is 5.23. The van der Waals surface area contributed by atoms with Crippen molar-refractivity contribution in [1.82, 2.24) is 0 Å². The molecule has 0 aromatic heterocycles. The minimum Gasteiger partial charge on any atom is -0.508 e. The summed E-state index contributed by atoms with van der Waals surface area (Å²) < 4.78 is 11.6. The maximum atomic E-state index is 9.96. The van der Waals surface area contributed by atoms with Gasteiger partial charge < -0.3 is 24.8 Å². The van der Waals surface area contributed by atoms with Crippen molar-refractivity contribution in [3.8, 4) is 28.7 Å². The van der Waals surface area contributed by atoms with Crippen molar-refractivity contribution in [1.29, 1.82) is 0 Å². The lowest BCUT2D eigenvalue weighted by Gasteiger charge is -2.14. The highest BCUT2D eigenvalue weighted by Crippen LogP contribution is 2.45. The number of phenolic OH excluding ortho intramolecular Hbond substituents is 3. The van der Waals surface area contributed by atoms with E-state index in [9.17, 15) is 15.3 Å². The second-order valence-corrected chi connectivity index (χ2v) is 7.70. The summed E-state index contributed by atoms with van der Waals surface area (Å²) in [6, 6.07) is 13.9. The molecule has 0 aliphatic heterocycles. The first-order valence-corrected chi connectivity index (χ1v) is 10.6. The summed E-state index contributed by atoms with van der Waals surface area (Å²) in [5, 5.41) is 37.5. The molecule has 0 saturated carbocycles. The van der Waals surface area contributed by atoms with Crippen LogP contribution in [0.5, 0.6) is 28.7 Å². The Balaban J connectivity index is 2.01. The molecule has 0 aliphatic rings. The fraction of sp³-hybridized carbons (Fsp3) is 0.217. The van der Waals surface area contributed by atoms with Crippen LogP contribution in [0.15, 0.2) is 68.6 Å². The highest BCUT2D eigenvalue weighted by atomic mass is 32.2. The molecule has 0 atom stereocenters. The fourth-order valence-electron chi connectivity index (χ4n) is 2.76. The first kappa shape index (κ1) is 22.3. The molecule has 8 heteroatoms. The maximum Gasteiger partial charge on any atom is 0.169 e. The standard InChI is InChI=1S/C23H24N2O5S/c1-4-29-20-13-22(31-16-8-6-14(3)7-9-16)21(30-5-2)12-17(20)24-25-23-18(27)10-15(26)11-19(23)28/h6-13,26-28H,4-5H2,1-3H3. The van der Waals surface area contributed by atoms with Gasteiger partial charge in [-0.3, -0.25) is 0 Å². The van der Waals surface area contributed by atoms with Gasteiger partial charge in [-0.05, 0) is 32.9 Å². The van der Waals surface area contributed by atoms with Crippen molar-refractivity contribution >= 4 is 23.1 Å². The van der Waals surface area contributed by atoms with Crippen molar-refractivity contribution < 1.29 is 24.8 Å². The summed E-state index contributed by atoms with van der Waals surface area (Å²) in [4.78, 5) is 1.92. The predicted molar refractivity (Wildman–Crippen MR) is 120 cm³/mol. The molecular formula is C23H24N2O5S. The zero-order valence-electron chi connectivity index (χ0n) is 17.5. The number of phenols is 3. The zero-order chi connectivity index (χ0) is 22.4. The van der Waals surface area contributed by atoms with Gasteiger partial charge in [-0.2, -0.15) is 0 Å². The Morgan fingerprint density at radius 3 is 2.03 bits per heavy atom. The Morgan fingerprint density at radius 2 is 1.42 bits per heavy atom. The number of aromatic hydroxyl groups is 3. The molecule has 0 unspecified atom stereocenters. The number of rotatable bonds is 8. The number of hydrogen-bond donors (Lipinski definition) is 3. The second kappa shape index (κ2) is 10.1. The lowest BCUT2D eigenvalue weighted by molar-refractivity contribution is 0.324. The van der Waals surface area contributed by atoms with Gasteiger partial charge in [-0.15, -0.1) is 10.2 Å². The van der Waals surface area contributed by atoms with Gasteiger partial charge in [0.05, 0.1) is 18.1 Å². The van der Waals surface area contributed by atoms with E-state index in [2.05, 4.69) is 10.2 Å². The normalized spacial score (nSPS) is 11.1. The topological polar surface area (TPSA) is 104 Å². The number of benzene rings is 3. The van der Waals surface area contributed by atoms with Gasteiger partial charge in [0, 0.05) is 29.2 Å². The average Bonchev–Trinajstić information content (AvgIpc) is 2.71. The fourth-order valence-corrected chi connectivity index (χ4v) is 3.67. The Labute approximate surface area is 185 Å². The van der Waals surface area contributed by atoms with Gasteiger partial charge in [-0.1, -0.05) is 29.5 Å². The molecule has 0 heterocycles. The molecule has 162 valence electrons. The van der Waals surface area contributed by atoms with Crippen molar-refractivity contribution in [3.05, 3.63) is 54.1 Å². The molecule has 0 fully saturated rings. The van der Waals surface area contributed by atoms with Crippen LogP contribution in [-0.4, -0.2) is 28.5 Å². The van der Waals surface area contributed by atoms with Gasteiger partial charge in [-0.25, -0.2) is 0 Å². The van der Waals surface area contributed by atoms with E-state index in [1.54, 1.807) is 17.8 Å². The molecule has 7 nitrogen and oxygen atoms in total. The van der Waals surface area contributed by atoms with Crippen LogP contribution in [0.25, 0.3) is 0 Å².